The highest BCUT2D eigenvalue weighted by molar-refractivity contribution is 7.81. The highest BCUT2D eigenvalue weighted by atomic mass is 32.1. The first-order valence-corrected chi connectivity index (χ1v) is 25.1. The number of hydrogen-bond acceptors (Lipinski definition) is 11. The first-order valence-electron chi connectivity index (χ1n) is 23.8. The minimum Gasteiger partial charge on any atom is -0.494 e. The molecule has 4 amide bonds. The smallest absolute Gasteiger partial charge is 0.417 e. The third kappa shape index (κ3) is 12.6. The van der Waals surface area contributed by atoms with Crippen molar-refractivity contribution in [2.45, 2.75) is 104 Å². The second-order valence-electron chi connectivity index (χ2n) is 19.6. The molecule has 0 radical (unpaired) electrons. The minimum atomic E-state index is -4.80. The standard InChI is InChI=1S/C54H58F3N7O7S2/c1-33-46(73-32-60-33)37-12-10-34(11-13-37)29-59-48(67)44-27-41(65)30-62(44)49(68)47(52(2,3)4)61-45(66)31-70-24-8-7-9-25-71-42-22-17-36(18-23-42)35-14-19-39(20-15-35)64-51(72)63(50(69)53(64,5)6)40-21-16-38(28-58)43(26-40)54(55,56)57/h10-23,26,32,41,44,47,65H,7-9,24-25,27,29-31H2,1-6H3,(H,59,67)(H,61,66)/t41-,44+,47-/m1/s1. The van der Waals surface area contributed by atoms with E-state index in [9.17, 15) is 42.7 Å². The molecule has 2 aliphatic rings. The molecule has 0 bridgehead atoms. The lowest BCUT2D eigenvalue weighted by molar-refractivity contribution is -0.144. The van der Waals surface area contributed by atoms with E-state index in [0.717, 1.165) is 62.7 Å². The van der Waals surface area contributed by atoms with Crippen LogP contribution in [0, 0.1) is 23.7 Å². The van der Waals surface area contributed by atoms with E-state index in [2.05, 4.69) is 15.6 Å². The SMILES string of the molecule is Cc1ncsc1-c1ccc(CNC(=O)[C@@H]2C[C@@H](O)CN2C(=O)[C@@H](NC(=O)COCCCCCOc2ccc(-c3ccc(N4C(=S)N(c5ccc(C#N)c(C(F)(F)F)c5)C(=O)C4(C)C)cc3)cc2)C(C)(C)C)cc1. The Morgan fingerprint density at radius 2 is 1.56 bits per heavy atom. The number of aliphatic hydroxyl groups is 1. The number of nitrogens with zero attached hydrogens (tertiary/aromatic N) is 5. The zero-order valence-corrected chi connectivity index (χ0v) is 43.0. The van der Waals surface area contributed by atoms with Crippen molar-refractivity contribution in [1.82, 2.24) is 20.5 Å². The van der Waals surface area contributed by atoms with Gasteiger partial charge in [-0.3, -0.25) is 24.1 Å². The van der Waals surface area contributed by atoms with E-state index in [1.54, 1.807) is 53.8 Å². The van der Waals surface area contributed by atoms with Crippen LogP contribution in [-0.2, 0) is 36.6 Å². The van der Waals surface area contributed by atoms with Gasteiger partial charge in [0.1, 0.15) is 30.0 Å². The minimum absolute atomic E-state index is 0.00837. The number of halogens is 3. The molecule has 0 spiro atoms. The van der Waals surface area contributed by atoms with Crippen molar-refractivity contribution in [3.05, 3.63) is 119 Å². The Morgan fingerprint density at radius 1 is 0.932 bits per heavy atom. The van der Waals surface area contributed by atoms with Crippen molar-refractivity contribution in [2.24, 2.45) is 5.41 Å². The number of rotatable bonds is 18. The number of benzene rings is 4. The molecule has 2 aliphatic heterocycles. The van der Waals surface area contributed by atoms with E-state index in [1.165, 1.54) is 11.0 Å². The summed E-state index contributed by atoms with van der Waals surface area (Å²) in [6.45, 7) is 11.5. The molecule has 19 heteroatoms. The molecule has 3 N–H and O–H groups in total. The number of unbranched alkanes of at least 4 members (excludes halogenated alkanes) is 2. The quantitative estimate of drug-likeness (QED) is 0.0564. The van der Waals surface area contributed by atoms with E-state index < -0.39 is 64.2 Å². The second-order valence-corrected chi connectivity index (χ2v) is 20.9. The van der Waals surface area contributed by atoms with Crippen LogP contribution in [-0.4, -0.2) is 93.8 Å². The summed E-state index contributed by atoms with van der Waals surface area (Å²) >= 11 is 7.24. The number of likely N-dealkylation sites (tertiary alicyclic amines) is 1. The van der Waals surface area contributed by atoms with Gasteiger partial charge in [-0.2, -0.15) is 18.4 Å². The number of aromatic nitrogens is 1. The van der Waals surface area contributed by atoms with Crippen LogP contribution in [0.2, 0.25) is 0 Å². The summed E-state index contributed by atoms with van der Waals surface area (Å²) in [4.78, 5) is 63.6. The van der Waals surface area contributed by atoms with Gasteiger partial charge in [0.2, 0.25) is 17.7 Å². The lowest BCUT2D eigenvalue weighted by Crippen LogP contribution is -2.58. The molecule has 0 unspecified atom stereocenters. The van der Waals surface area contributed by atoms with Gasteiger partial charge in [-0.15, -0.1) is 11.3 Å². The molecular formula is C54H58F3N7O7S2. The highest BCUT2D eigenvalue weighted by Gasteiger charge is 2.51. The number of β-amino-alcohol motifs (C(OH)–C–C–N with tert-alkyl or cyclic N) is 1. The molecule has 3 atom stereocenters. The number of anilines is 2. The van der Waals surface area contributed by atoms with Gasteiger partial charge in [0.25, 0.3) is 5.91 Å². The Morgan fingerprint density at radius 3 is 2.18 bits per heavy atom. The van der Waals surface area contributed by atoms with Crippen molar-refractivity contribution in [3.63, 3.8) is 0 Å². The Hall–Kier alpha value is -6.72. The van der Waals surface area contributed by atoms with Crippen LogP contribution in [0.4, 0.5) is 24.5 Å². The Balaban J connectivity index is 0.823. The number of nitriles is 1. The number of alkyl halides is 3. The molecule has 384 valence electrons. The van der Waals surface area contributed by atoms with Gasteiger partial charge in [0.15, 0.2) is 5.11 Å². The molecule has 7 rings (SSSR count). The maximum Gasteiger partial charge on any atom is 0.417 e. The lowest BCUT2D eigenvalue weighted by atomic mass is 9.85. The zero-order valence-electron chi connectivity index (χ0n) is 41.4. The number of aryl methyl sites for hydroxylation is 1. The molecule has 0 saturated carbocycles. The molecular weight excluding hydrogens is 980 g/mol. The summed E-state index contributed by atoms with van der Waals surface area (Å²) in [5, 5.41) is 25.6. The summed E-state index contributed by atoms with van der Waals surface area (Å²) in [5.41, 5.74) is 3.30. The molecule has 14 nitrogen and oxygen atoms in total. The van der Waals surface area contributed by atoms with Crippen LogP contribution in [0.5, 0.6) is 5.75 Å². The third-order valence-electron chi connectivity index (χ3n) is 12.8. The number of thiazole rings is 1. The fourth-order valence-corrected chi connectivity index (χ4v) is 10.2. The summed E-state index contributed by atoms with van der Waals surface area (Å²) < 4.78 is 52.9. The van der Waals surface area contributed by atoms with Gasteiger partial charge >= 0.3 is 6.18 Å². The molecule has 3 heterocycles. The molecule has 1 aromatic heterocycles. The molecule has 0 aliphatic carbocycles. The molecule has 4 aromatic carbocycles. The molecule has 5 aromatic rings. The number of amides is 4. The third-order valence-corrected chi connectivity index (χ3v) is 14.2. The van der Waals surface area contributed by atoms with Crippen LogP contribution in [0.25, 0.3) is 21.6 Å². The van der Waals surface area contributed by atoms with Gasteiger partial charge in [-0.1, -0.05) is 69.3 Å². The van der Waals surface area contributed by atoms with Crippen LogP contribution >= 0.6 is 23.6 Å². The summed E-state index contributed by atoms with van der Waals surface area (Å²) in [5.74, 6) is -1.14. The molecule has 73 heavy (non-hydrogen) atoms. The van der Waals surface area contributed by atoms with Gasteiger partial charge in [0, 0.05) is 31.8 Å². The first-order chi connectivity index (χ1) is 34.6. The predicted molar refractivity (Wildman–Crippen MR) is 276 cm³/mol. The van der Waals surface area contributed by atoms with Crippen molar-refractivity contribution >= 4 is 63.7 Å². The second kappa shape index (κ2) is 22.6. The number of hydrogen-bond donors (Lipinski definition) is 3. The lowest BCUT2D eigenvalue weighted by Gasteiger charge is -2.35. The number of ether oxygens (including phenoxy) is 2. The van der Waals surface area contributed by atoms with E-state index in [1.807, 2.05) is 88.4 Å². The summed E-state index contributed by atoms with van der Waals surface area (Å²) in [6, 6.07) is 25.4. The van der Waals surface area contributed by atoms with Gasteiger partial charge in [-0.05, 0) is 122 Å². The average Bonchev–Trinajstić information content (AvgIpc) is 4.02. The van der Waals surface area contributed by atoms with Crippen molar-refractivity contribution in [1.29, 1.82) is 5.26 Å². The van der Waals surface area contributed by atoms with Crippen molar-refractivity contribution < 1.29 is 46.9 Å². The number of nitrogens with one attached hydrogen (secondary N) is 2. The monoisotopic (exact) mass is 1040 g/mol. The normalized spacial score (nSPS) is 17.1. The average molecular weight is 1040 g/mol. The number of thiocarbonyl (C=S) groups is 1. The van der Waals surface area contributed by atoms with E-state index >= 15 is 0 Å². The fourth-order valence-electron chi connectivity index (χ4n) is 8.83. The van der Waals surface area contributed by atoms with Crippen LogP contribution in [0.15, 0.2) is 96.5 Å². The van der Waals surface area contributed by atoms with Crippen LogP contribution in [0.1, 0.15) is 82.7 Å². The Kier molecular flexibility index (Phi) is 16.7. The largest absolute Gasteiger partial charge is 0.494 e. The Bertz CT molecular complexity index is 2860. The van der Waals surface area contributed by atoms with E-state index in [-0.39, 0.29) is 42.8 Å². The Labute approximate surface area is 432 Å². The number of carbonyl (C=O) groups is 4. The molecule has 2 saturated heterocycles. The maximum atomic E-state index is 14.0. The zero-order chi connectivity index (χ0) is 52.8. The fraction of sp³-hybridized carbons (Fsp3) is 0.389. The van der Waals surface area contributed by atoms with Crippen LogP contribution < -0.4 is 25.2 Å². The van der Waals surface area contributed by atoms with Gasteiger partial charge in [-0.25, -0.2) is 4.98 Å². The van der Waals surface area contributed by atoms with Crippen molar-refractivity contribution in [3.8, 4) is 33.4 Å². The first kappa shape index (κ1) is 54.1. The maximum absolute atomic E-state index is 14.0. The highest BCUT2D eigenvalue weighted by Crippen LogP contribution is 2.40. The summed E-state index contributed by atoms with van der Waals surface area (Å²) in [7, 11) is 0. The molecule has 2 fully saturated rings. The van der Waals surface area contributed by atoms with E-state index in [0.29, 0.717) is 31.1 Å². The number of aliphatic hydroxyl groups excluding tert-OH is 1. The van der Waals surface area contributed by atoms with Crippen molar-refractivity contribution in [2.75, 3.05) is 36.2 Å². The van der Waals surface area contributed by atoms with E-state index in [4.69, 9.17) is 21.7 Å². The topological polar surface area (TPSA) is 177 Å². The van der Waals surface area contributed by atoms with Crippen LogP contribution in [0.3, 0.4) is 0 Å². The van der Waals surface area contributed by atoms with Gasteiger partial charge < -0.3 is 35.0 Å². The number of carbonyl (C=O) groups excluding carboxylic acids is 4. The van der Waals surface area contributed by atoms with Gasteiger partial charge in [0.05, 0.1) is 51.7 Å². The summed E-state index contributed by atoms with van der Waals surface area (Å²) in [6.07, 6.45) is -3.42. The predicted octanol–water partition coefficient (Wildman–Crippen LogP) is 8.97.